The van der Waals surface area contributed by atoms with Gasteiger partial charge in [-0.3, -0.25) is 0 Å². The second-order valence-electron chi connectivity index (χ2n) is 4.24. The summed E-state index contributed by atoms with van der Waals surface area (Å²) in [7, 11) is 0. The van der Waals surface area contributed by atoms with Gasteiger partial charge in [-0.2, -0.15) is 0 Å². The number of hydrogen-bond donors (Lipinski definition) is 1. The lowest BCUT2D eigenvalue weighted by molar-refractivity contribution is 0.620. The van der Waals surface area contributed by atoms with Gasteiger partial charge in [0.2, 0.25) is 5.89 Å². The molecule has 0 aliphatic rings. The van der Waals surface area contributed by atoms with Crippen LogP contribution in [0.4, 0.5) is 5.69 Å². The lowest BCUT2D eigenvalue weighted by Crippen LogP contribution is -1.95. The number of fused-ring (bicyclic) bond motifs is 1. The first-order valence-corrected chi connectivity index (χ1v) is 6.54. The molecule has 1 N–H and O–H groups in total. The van der Waals surface area contributed by atoms with E-state index in [1.807, 2.05) is 42.5 Å². The Morgan fingerprint density at radius 3 is 2.68 bits per heavy atom. The molecule has 0 bridgehead atoms. The van der Waals surface area contributed by atoms with Crippen molar-refractivity contribution in [1.82, 2.24) is 4.98 Å². The van der Waals surface area contributed by atoms with Crippen molar-refractivity contribution < 1.29 is 4.42 Å². The summed E-state index contributed by atoms with van der Waals surface area (Å²) in [6.45, 7) is 2.94. The first-order chi connectivity index (χ1) is 9.26. The molecule has 0 saturated carbocycles. The number of nitrogens with zero attached hydrogens (tertiary/aromatic N) is 1. The third-order valence-corrected chi connectivity index (χ3v) is 3.11. The molecule has 0 radical (unpaired) electrons. The van der Waals surface area contributed by atoms with Gasteiger partial charge in [0, 0.05) is 22.8 Å². The Bertz CT molecular complexity index is 704. The molecule has 0 unspecified atom stereocenters. The average Bonchev–Trinajstić information content (AvgIpc) is 2.83. The molecule has 0 saturated heterocycles. The molecular weight excluding hydrogens is 260 g/mol. The van der Waals surface area contributed by atoms with Crippen LogP contribution in [0.1, 0.15) is 6.92 Å². The van der Waals surface area contributed by atoms with Crippen molar-refractivity contribution in [3.8, 4) is 11.5 Å². The van der Waals surface area contributed by atoms with E-state index >= 15 is 0 Å². The molecule has 0 spiro atoms. The third kappa shape index (κ3) is 2.42. The zero-order chi connectivity index (χ0) is 13.2. The zero-order valence-corrected chi connectivity index (χ0v) is 11.2. The Kier molecular flexibility index (Phi) is 3.13. The smallest absolute Gasteiger partial charge is 0.227 e. The van der Waals surface area contributed by atoms with Gasteiger partial charge in [0.25, 0.3) is 0 Å². The van der Waals surface area contributed by atoms with Crippen molar-refractivity contribution in [3.05, 3.63) is 47.5 Å². The second kappa shape index (κ2) is 4.94. The maximum absolute atomic E-state index is 5.87. The van der Waals surface area contributed by atoms with Crippen LogP contribution < -0.4 is 5.32 Å². The highest BCUT2D eigenvalue weighted by Crippen LogP contribution is 2.26. The van der Waals surface area contributed by atoms with Gasteiger partial charge in [0.1, 0.15) is 5.52 Å². The van der Waals surface area contributed by atoms with E-state index in [-0.39, 0.29) is 0 Å². The average molecular weight is 273 g/mol. The van der Waals surface area contributed by atoms with Gasteiger partial charge in [-0.25, -0.2) is 4.98 Å². The van der Waals surface area contributed by atoms with Gasteiger partial charge in [-0.1, -0.05) is 11.6 Å². The molecule has 3 aromatic rings. The summed E-state index contributed by atoms with van der Waals surface area (Å²) in [5.41, 5.74) is 3.60. The second-order valence-corrected chi connectivity index (χ2v) is 4.68. The van der Waals surface area contributed by atoms with Crippen molar-refractivity contribution in [1.29, 1.82) is 0 Å². The Morgan fingerprint density at radius 1 is 1.16 bits per heavy atom. The van der Waals surface area contributed by atoms with Crippen molar-refractivity contribution in [2.45, 2.75) is 6.92 Å². The predicted molar refractivity (Wildman–Crippen MR) is 78.6 cm³/mol. The van der Waals surface area contributed by atoms with E-state index in [1.54, 1.807) is 0 Å². The molecule has 3 rings (SSSR count). The van der Waals surface area contributed by atoms with Crippen molar-refractivity contribution >= 4 is 28.4 Å². The summed E-state index contributed by atoms with van der Waals surface area (Å²) in [5.74, 6) is 0.611. The molecule has 2 aromatic carbocycles. The van der Waals surface area contributed by atoms with E-state index in [0.717, 1.165) is 28.9 Å². The highest BCUT2D eigenvalue weighted by Gasteiger charge is 2.08. The van der Waals surface area contributed by atoms with Crippen LogP contribution >= 0.6 is 11.6 Å². The van der Waals surface area contributed by atoms with Crippen LogP contribution in [0.3, 0.4) is 0 Å². The largest absolute Gasteiger partial charge is 0.436 e. The van der Waals surface area contributed by atoms with E-state index in [0.29, 0.717) is 10.9 Å². The number of nitrogens with one attached hydrogen (secondary N) is 1. The first-order valence-electron chi connectivity index (χ1n) is 6.16. The molecule has 1 aromatic heterocycles. The molecule has 96 valence electrons. The normalized spacial score (nSPS) is 10.8. The van der Waals surface area contributed by atoms with Crippen LogP contribution in [0.15, 0.2) is 46.9 Å². The minimum absolute atomic E-state index is 0.611. The lowest BCUT2D eigenvalue weighted by Gasteiger charge is -2.00. The lowest BCUT2D eigenvalue weighted by atomic mass is 10.2. The molecule has 3 nitrogen and oxygen atoms in total. The Balaban J connectivity index is 2.03. The summed E-state index contributed by atoms with van der Waals surface area (Å²) in [6.07, 6.45) is 0. The summed E-state index contributed by atoms with van der Waals surface area (Å²) in [4.78, 5) is 4.51. The standard InChI is InChI=1S/C15H13ClN2O/c1-2-17-12-7-8-14-13(9-12)18-15(19-14)10-3-5-11(16)6-4-10/h3-9,17H,2H2,1H3. The number of aromatic nitrogens is 1. The topological polar surface area (TPSA) is 38.1 Å². The summed E-state index contributed by atoms with van der Waals surface area (Å²) in [6, 6.07) is 13.4. The molecule has 0 amide bonds. The Labute approximate surface area is 116 Å². The fourth-order valence-electron chi connectivity index (χ4n) is 1.96. The fraction of sp³-hybridized carbons (Fsp3) is 0.133. The van der Waals surface area contributed by atoms with Gasteiger partial charge in [-0.05, 0) is 49.4 Å². The van der Waals surface area contributed by atoms with Crippen LogP contribution in [0.25, 0.3) is 22.6 Å². The van der Waals surface area contributed by atoms with Crippen molar-refractivity contribution in [2.75, 3.05) is 11.9 Å². The third-order valence-electron chi connectivity index (χ3n) is 2.86. The Hall–Kier alpha value is -2.00. The number of oxazole rings is 1. The number of anilines is 1. The highest BCUT2D eigenvalue weighted by molar-refractivity contribution is 6.30. The number of halogens is 1. The van der Waals surface area contributed by atoms with Gasteiger partial charge in [0.15, 0.2) is 5.58 Å². The first kappa shape index (κ1) is 12.1. The van der Waals surface area contributed by atoms with Gasteiger partial charge < -0.3 is 9.73 Å². The maximum atomic E-state index is 5.87. The molecule has 0 atom stereocenters. The molecule has 4 heteroatoms. The van der Waals surface area contributed by atoms with E-state index in [9.17, 15) is 0 Å². The van der Waals surface area contributed by atoms with E-state index in [1.165, 1.54) is 0 Å². The van der Waals surface area contributed by atoms with Crippen molar-refractivity contribution in [2.24, 2.45) is 0 Å². The number of hydrogen-bond acceptors (Lipinski definition) is 3. The van der Waals surface area contributed by atoms with Gasteiger partial charge in [-0.15, -0.1) is 0 Å². The number of benzene rings is 2. The van der Waals surface area contributed by atoms with Crippen molar-refractivity contribution in [3.63, 3.8) is 0 Å². The summed E-state index contributed by atoms with van der Waals surface area (Å²) in [5, 5.41) is 3.96. The molecule has 19 heavy (non-hydrogen) atoms. The van der Waals surface area contributed by atoms with E-state index < -0.39 is 0 Å². The maximum Gasteiger partial charge on any atom is 0.227 e. The van der Waals surface area contributed by atoms with Crippen LogP contribution in [-0.4, -0.2) is 11.5 Å². The van der Waals surface area contributed by atoms with E-state index in [2.05, 4.69) is 17.2 Å². The monoisotopic (exact) mass is 272 g/mol. The highest BCUT2D eigenvalue weighted by atomic mass is 35.5. The van der Waals surface area contributed by atoms with Gasteiger partial charge in [0.05, 0.1) is 0 Å². The van der Waals surface area contributed by atoms with Crippen LogP contribution in [0, 0.1) is 0 Å². The summed E-state index contributed by atoms with van der Waals surface area (Å²) >= 11 is 5.87. The predicted octanol–water partition coefficient (Wildman–Crippen LogP) is 4.58. The SMILES string of the molecule is CCNc1ccc2oc(-c3ccc(Cl)cc3)nc2c1. The molecular formula is C15H13ClN2O. The van der Waals surface area contributed by atoms with E-state index in [4.69, 9.17) is 16.0 Å². The quantitative estimate of drug-likeness (QED) is 0.758. The molecule has 1 heterocycles. The minimum Gasteiger partial charge on any atom is -0.436 e. The van der Waals surface area contributed by atoms with Crippen LogP contribution in [-0.2, 0) is 0 Å². The van der Waals surface area contributed by atoms with Crippen LogP contribution in [0.2, 0.25) is 5.02 Å². The fourth-order valence-corrected chi connectivity index (χ4v) is 2.08. The summed E-state index contributed by atoms with van der Waals surface area (Å²) < 4.78 is 5.75. The van der Waals surface area contributed by atoms with Gasteiger partial charge >= 0.3 is 0 Å². The minimum atomic E-state index is 0.611. The zero-order valence-electron chi connectivity index (χ0n) is 10.5. The molecule has 0 fully saturated rings. The molecule has 0 aliphatic heterocycles. The van der Waals surface area contributed by atoms with Crippen LogP contribution in [0.5, 0.6) is 0 Å². The Morgan fingerprint density at radius 2 is 1.95 bits per heavy atom. The molecule has 0 aliphatic carbocycles. The number of rotatable bonds is 3.